The summed E-state index contributed by atoms with van der Waals surface area (Å²) in [5.74, 6) is 1.22. The Kier molecular flexibility index (Phi) is 5.76. The van der Waals surface area contributed by atoms with Crippen LogP contribution in [0.4, 0.5) is 0 Å². The minimum Gasteiger partial charge on any atom is -0.310 e. The number of hydrogen-bond acceptors (Lipinski definition) is 3. The van der Waals surface area contributed by atoms with Crippen LogP contribution in [0.15, 0.2) is 0 Å². The van der Waals surface area contributed by atoms with Crippen LogP contribution in [0, 0.1) is 0 Å². The van der Waals surface area contributed by atoms with E-state index in [1.807, 2.05) is 11.8 Å². The molecule has 3 nitrogen and oxygen atoms in total. The van der Waals surface area contributed by atoms with Crippen LogP contribution in [-0.2, 0) is 25.9 Å². The quantitative estimate of drug-likeness (QED) is 0.706. The molecule has 0 radical (unpaired) electrons. The molecule has 4 heteroatoms. The third-order valence-electron chi connectivity index (χ3n) is 3.78. The summed E-state index contributed by atoms with van der Waals surface area (Å²) < 4.78 is 2.26. The molecule has 0 bridgehead atoms. The van der Waals surface area contributed by atoms with Gasteiger partial charge in [0, 0.05) is 30.4 Å². The van der Waals surface area contributed by atoms with Crippen LogP contribution in [0.1, 0.15) is 50.1 Å². The van der Waals surface area contributed by atoms with Crippen molar-refractivity contribution in [2.75, 3.05) is 12.0 Å². The average Bonchev–Trinajstić information content (AvgIpc) is 3.18. The molecule has 1 saturated carbocycles. The molecular weight excluding hydrogens is 254 g/mol. The highest BCUT2D eigenvalue weighted by atomic mass is 32.2. The second kappa shape index (κ2) is 7.34. The molecule has 0 aromatic carbocycles. The summed E-state index contributed by atoms with van der Waals surface area (Å²) >= 11 is 1.92. The molecule has 108 valence electrons. The van der Waals surface area contributed by atoms with Crippen molar-refractivity contribution in [2.45, 2.75) is 65.1 Å². The Morgan fingerprint density at radius 3 is 2.68 bits per heavy atom. The van der Waals surface area contributed by atoms with Gasteiger partial charge in [0.25, 0.3) is 0 Å². The van der Waals surface area contributed by atoms with Crippen LogP contribution in [0.2, 0.25) is 0 Å². The van der Waals surface area contributed by atoms with E-state index in [0.717, 1.165) is 32.0 Å². The van der Waals surface area contributed by atoms with E-state index in [0.29, 0.717) is 0 Å². The highest BCUT2D eigenvalue weighted by Crippen LogP contribution is 2.22. The summed E-state index contributed by atoms with van der Waals surface area (Å²) in [4.78, 5) is 0. The van der Waals surface area contributed by atoms with Crippen molar-refractivity contribution >= 4 is 11.8 Å². The minimum atomic E-state index is 0.772. The summed E-state index contributed by atoms with van der Waals surface area (Å²) in [5, 5.41) is 8.48. The van der Waals surface area contributed by atoms with Gasteiger partial charge in [0.05, 0.1) is 5.69 Å². The van der Waals surface area contributed by atoms with Gasteiger partial charge in [0.15, 0.2) is 0 Å². The molecule has 1 fully saturated rings. The summed E-state index contributed by atoms with van der Waals surface area (Å²) in [7, 11) is 0. The standard InChI is InChI=1S/C15H27N3S/c1-4-14-13(11-16-12-7-8-12)15(5-2)18(17-14)9-6-10-19-3/h12,16H,4-11H2,1-3H3. The summed E-state index contributed by atoms with van der Waals surface area (Å²) in [6.45, 7) is 6.55. The molecule has 1 aromatic rings. The van der Waals surface area contributed by atoms with E-state index in [9.17, 15) is 0 Å². The molecule has 0 spiro atoms. The monoisotopic (exact) mass is 281 g/mol. The lowest BCUT2D eigenvalue weighted by Crippen LogP contribution is -2.17. The van der Waals surface area contributed by atoms with Gasteiger partial charge in [0.1, 0.15) is 0 Å². The van der Waals surface area contributed by atoms with E-state index in [1.54, 1.807) is 0 Å². The predicted molar refractivity (Wildman–Crippen MR) is 83.8 cm³/mol. The highest BCUT2D eigenvalue weighted by molar-refractivity contribution is 7.98. The van der Waals surface area contributed by atoms with Gasteiger partial charge in [0.2, 0.25) is 0 Å². The molecule has 0 atom stereocenters. The molecule has 1 N–H and O–H groups in total. The summed E-state index contributed by atoms with van der Waals surface area (Å²) in [5.41, 5.74) is 4.22. The maximum Gasteiger partial charge on any atom is 0.0669 e. The zero-order valence-corrected chi connectivity index (χ0v) is 13.4. The van der Waals surface area contributed by atoms with Crippen molar-refractivity contribution in [2.24, 2.45) is 0 Å². The predicted octanol–water partition coefficient (Wildman–Crippen LogP) is 3.01. The zero-order chi connectivity index (χ0) is 13.7. The first-order valence-electron chi connectivity index (χ1n) is 7.59. The lowest BCUT2D eigenvalue weighted by Gasteiger charge is -2.08. The van der Waals surface area contributed by atoms with E-state index in [1.165, 1.54) is 42.0 Å². The smallest absolute Gasteiger partial charge is 0.0669 e. The van der Waals surface area contributed by atoms with E-state index in [2.05, 4.69) is 30.1 Å². The van der Waals surface area contributed by atoms with E-state index in [-0.39, 0.29) is 0 Å². The van der Waals surface area contributed by atoms with Crippen LogP contribution in [-0.4, -0.2) is 27.8 Å². The van der Waals surface area contributed by atoms with Crippen LogP contribution in [0.5, 0.6) is 0 Å². The third-order valence-corrected chi connectivity index (χ3v) is 4.48. The summed E-state index contributed by atoms with van der Waals surface area (Å²) in [6.07, 6.45) is 8.23. The first-order valence-corrected chi connectivity index (χ1v) is 8.99. The van der Waals surface area contributed by atoms with Crippen LogP contribution in [0.25, 0.3) is 0 Å². The van der Waals surface area contributed by atoms with Gasteiger partial charge in [-0.1, -0.05) is 13.8 Å². The van der Waals surface area contributed by atoms with Crippen molar-refractivity contribution in [1.82, 2.24) is 15.1 Å². The molecule has 2 rings (SSSR count). The number of nitrogens with one attached hydrogen (secondary N) is 1. The molecule has 1 heterocycles. The molecule has 0 aliphatic heterocycles. The first kappa shape index (κ1) is 14.9. The van der Waals surface area contributed by atoms with Crippen LogP contribution >= 0.6 is 11.8 Å². The summed E-state index contributed by atoms with van der Waals surface area (Å²) in [6, 6.07) is 0.772. The number of nitrogens with zero attached hydrogens (tertiary/aromatic N) is 2. The fourth-order valence-corrected chi connectivity index (χ4v) is 2.97. The van der Waals surface area contributed by atoms with E-state index in [4.69, 9.17) is 5.10 Å². The van der Waals surface area contributed by atoms with Crippen LogP contribution < -0.4 is 5.32 Å². The maximum atomic E-state index is 4.84. The zero-order valence-electron chi connectivity index (χ0n) is 12.5. The maximum absolute atomic E-state index is 4.84. The Bertz CT molecular complexity index is 396. The highest BCUT2D eigenvalue weighted by Gasteiger charge is 2.22. The normalized spacial score (nSPS) is 15.1. The topological polar surface area (TPSA) is 29.9 Å². The second-order valence-electron chi connectivity index (χ2n) is 5.30. The lowest BCUT2D eigenvalue weighted by atomic mass is 10.1. The van der Waals surface area contributed by atoms with Crippen molar-refractivity contribution in [3.8, 4) is 0 Å². The Morgan fingerprint density at radius 2 is 2.11 bits per heavy atom. The van der Waals surface area contributed by atoms with Crippen molar-refractivity contribution in [3.05, 3.63) is 17.0 Å². The molecule has 1 aliphatic carbocycles. The molecule has 1 aliphatic rings. The van der Waals surface area contributed by atoms with Crippen molar-refractivity contribution in [1.29, 1.82) is 0 Å². The van der Waals surface area contributed by atoms with Gasteiger partial charge in [-0.05, 0) is 44.1 Å². The molecule has 0 saturated heterocycles. The SMILES string of the molecule is CCc1nn(CCCSC)c(CC)c1CNC1CC1. The van der Waals surface area contributed by atoms with Gasteiger partial charge < -0.3 is 5.32 Å². The third kappa shape index (κ3) is 3.99. The molecule has 1 aromatic heterocycles. The Hall–Kier alpha value is -0.480. The molecule has 0 amide bonds. The Labute approximate surface area is 121 Å². The van der Waals surface area contributed by atoms with Gasteiger partial charge in [-0.25, -0.2) is 0 Å². The largest absolute Gasteiger partial charge is 0.310 e. The van der Waals surface area contributed by atoms with Crippen molar-refractivity contribution in [3.63, 3.8) is 0 Å². The van der Waals surface area contributed by atoms with Gasteiger partial charge in [-0.2, -0.15) is 16.9 Å². The first-order chi connectivity index (χ1) is 9.30. The fraction of sp³-hybridized carbons (Fsp3) is 0.800. The van der Waals surface area contributed by atoms with Gasteiger partial charge in [-0.3, -0.25) is 4.68 Å². The van der Waals surface area contributed by atoms with Gasteiger partial charge >= 0.3 is 0 Å². The van der Waals surface area contributed by atoms with E-state index < -0.39 is 0 Å². The minimum absolute atomic E-state index is 0.772. The number of aryl methyl sites for hydroxylation is 2. The van der Waals surface area contributed by atoms with Crippen LogP contribution in [0.3, 0.4) is 0 Å². The molecule has 0 unspecified atom stereocenters. The molecule has 19 heavy (non-hydrogen) atoms. The fourth-order valence-electron chi connectivity index (χ4n) is 2.55. The second-order valence-corrected chi connectivity index (χ2v) is 6.29. The number of thioether (sulfide) groups is 1. The number of aromatic nitrogens is 2. The van der Waals surface area contributed by atoms with Gasteiger partial charge in [-0.15, -0.1) is 0 Å². The Balaban J connectivity index is 2.08. The lowest BCUT2D eigenvalue weighted by molar-refractivity contribution is 0.572. The molecular formula is C15H27N3S. The number of rotatable bonds is 9. The number of hydrogen-bond donors (Lipinski definition) is 1. The Morgan fingerprint density at radius 1 is 1.32 bits per heavy atom. The average molecular weight is 281 g/mol. The van der Waals surface area contributed by atoms with Crippen molar-refractivity contribution < 1.29 is 0 Å². The van der Waals surface area contributed by atoms with E-state index >= 15 is 0 Å².